The summed E-state index contributed by atoms with van der Waals surface area (Å²) in [6, 6.07) is 15.3. The van der Waals surface area contributed by atoms with Crippen LogP contribution in [0.1, 0.15) is 0 Å². The Balaban J connectivity index is 1.96. The fraction of sp³-hybridized carbons (Fsp3) is 0.0625. The molecule has 1 unspecified atom stereocenters. The first kappa shape index (κ1) is 15.4. The fourth-order valence-electron chi connectivity index (χ4n) is 1.51. The number of benzene rings is 2. The number of ether oxygens (including phenoxy) is 2. The standard InChI is InChI=1S/C16H11FO5/c17-13(15(19)21-11-7-3-1-4-8-11)14(18)16(20)22-12-9-5-2-6-10-12/h1-10,13H. The van der Waals surface area contributed by atoms with Gasteiger partial charge in [0.2, 0.25) is 0 Å². The van der Waals surface area contributed by atoms with Crippen LogP contribution < -0.4 is 9.47 Å². The third-order valence-corrected chi connectivity index (χ3v) is 2.55. The van der Waals surface area contributed by atoms with Gasteiger partial charge in [0.1, 0.15) is 11.5 Å². The Morgan fingerprint density at radius 3 is 1.73 bits per heavy atom. The lowest BCUT2D eigenvalue weighted by molar-refractivity contribution is -0.155. The zero-order valence-electron chi connectivity index (χ0n) is 11.3. The minimum absolute atomic E-state index is 0.0689. The zero-order chi connectivity index (χ0) is 15.9. The van der Waals surface area contributed by atoms with Crippen molar-refractivity contribution < 1.29 is 28.2 Å². The number of halogens is 1. The predicted molar refractivity (Wildman–Crippen MR) is 74.1 cm³/mol. The maximum atomic E-state index is 13.7. The Kier molecular flexibility index (Phi) is 4.98. The second-order valence-electron chi connectivity index (χ2n) is 4.16. The topological polar surface area (TPSA) is 69.7 Å². The van der Waals surface area contributed by atoms with Crippen LogP contribution in [-0.2, 0) is 14.4 Å². The predicted octanol–water partition coefficient (Wildman–Crippen LogP) is 2.10. The van der Waals surface area contributed by atoms with Crippen LogP contribution in [0.5, 0.6) is 11.5 Å². The highest BCUT2D eigenvalue weighted by Gasteiger charge is 2.35. The smallest absolute Gasteiger partial charge is 0.383 e. The van der Waals surface area contributed by atoms with Crippen LogP contribution in [0.4, 0.5) is 4.39 Å². The highest BCUT2D eigenvalue weighted by Crippen LogP contribution is 2.12. The van der Waals surface area contributed by atoms with E-state index in [1.807, 2.05) is 0 Å². The summed E-state index contributed by atoms with van der Waals surface area (Å²) >= 11 is 0. The number of para-hydroxylation sites is 2. The fourth-order valence-corrected chi connectivity index (χ4v) is 1.51. The van der Waals surface area contributed by atoms with Gasteiger partial charge in [-0.1, -0.05) is 36.4 Å². The first-order valence-corrected chi connectivity index (χ1v) is 6.30. The van der Waals surface area contributed by atoms with Crippen LogP contribution in [0.3, 0.4) is 0 Å². The second kappa shape index (κ2) is 7.12. The second-order valence-corrected chi connectivity index (χ2v) is 4.16. The van der Waals surface area contributed by atoms with Gasteiger partial charge in [0.25, 0.3) is 12.0 Å². The zero-order valence-corrected chi connectivity index (χ0v) is 11.3. The summed E-state index contributed by atoms with van der Waals surface area (Å²) in [6.45, 7) is 0. The van der Waals surface area contributed by atoms with Crippen LogP contribution in [0, 0.1) is 0 Å². The molecule has 0 heterocycles. The summed E-state index contributed by atoms with van der Waals surface area (Å²) in [7, 11) is 0. The van der Waals surface area contributed by atoms with Gasteiger partial charge >= 0.3 is 11.9 Å². The van der Waals surface area contributed by atoms with Gasteiger partial charge in [0.15, 0.2) is 0 Å². The molecule has 0 fully saturated rings. The molecule has 6 heteroatoms. The number of carbonyl (C=O) groups is 3. The van der Waals surface area contributed by atoms with E-state index >= 15 is 0 Å². The SMILES string of the molecule is O=C(Oc1ccccc1)C(=O)C(F)C(=O)Oc1ccccc1. The van der Waals surface area contributed by atoms with Gasteiger partial charge in [-0.3, -0.25) is 4.79 Å². The van der Waals surface area contributed by atoms with E-state index < -0.39 is 23.9 Å². The molecule has 0 spiro atoms. The lowest BCUT2D eigenvalue weighted by Crippen LogP contribution is -2.37. The molecule has 2 rings (SSSR count). The largest absolute Gasteiger partial charge is 0.424 e. The molecule has 5 nitrogen and oxygen atoms in total. The quantitative estimate of drug-likeness (QED) is 0.366. The molecule has 22 heavy (non-hydrogen) atoms. The van der Waals surface area contributed by atoms with Crippen molar-refractivity contribution in [1.82, 2.24) is 0 Å². The monoisotopic (exact) mass is 302 g/mol. The number of Topliss-reactive ketones (excluding diaryl/α,β-unsaturated/α-hetero) is 1. The molecule has 0 amide bonds. The Hall–Kier alpha value is -3.02. The molecule has 112 valence electrons. The molecule has 0 saturated heterocycles. The molecule has 0 aliphatic heterocycles. The van der Waals surface area contributed by atoms with Crippen molar-refractivity contribution in [3.8, 4) is 11.5 Å². The normalized spacial score (nSPS) is 11.3. The van der Waals surface area contributed by atoms with Crippen LogP contribution in [0.15, 0.2) is 60.7 Å². The van der Waals surface area contributed by atoms with E-state index in [9.17, 15) is 18.8 Å². The number of hydrogen-bond donors (Lipinski definition) is 0. The lowest BCUT2D eigenvalue weighted by atomic mass is 10.2. The van der Waals surface area contributed by atoms with Gasteiger partial charge in [-0.25, -0.2) is 14.0 Å². The van der Waals surface area contributed by atoms with Crippen molar-refractivity contribution >= 4 is 17.7 Å². The number of carbonyl (C=O) groups excluding carboxylic acids is 3. The number of hydrogen-bond acceptors (Lipinski definition) is 5. The third kappa shape index (κ3) is 3.99. The molecule has 0 N–H and O–H groups in total. The van der Waals surface area contributed by atoms with E-state index in [0.29, 0.717) is 0 Å². The third-order valence-electron chi connectivity index (χ3n) is 2.55. The van der Waals surface area contributed by atoms with Crippen LogP contribution in [-0.4, -0.2) is 23.9 Å². The average molecular weight is 302 g/mol. The number of rotatable bonds is 5. The highest BCUT2D eigenvalue weighted by molar-refractivity contribution is 6.39. The maximum absolute atomic E-state index is 13.7. The van der Waals surface area contributed by atoms with Crippen LogP contribution in [0.2, 0.25) is 0 Å². The van der Waals surface area contributed by atoms with Gasteiger partial charge in [0.05, 0.1) is 0 Å². The molecule has 0 radical (unpaired) electrons. The van der Waals surface area contributed by atoms with Gasteiger partial charge < -0.3 is 9.47 Å². The Labute approximate surface area is 125 Å². The first-order chi connectivity index (χ1) is 10.6. The number of ketones is 1. The molecule has 0 aromatic heterocycles. The van der Waals surface area contributed by atoms with E-state index in [1.165, 1.54) is 24.3 Å². The first-order valence-electron chi connectivity index (χ1n) is 6.30. The minimum Gasteiger partial charge on any atom is -0.424 e. The number of esters is 2. The molecule has 0 aliphatic carbocycles. The molecule has 2 aromatic rings. The van der Waals surface area contributed by atoms with Crippen molar-refractivity contribution in [2.45, 2.75) is 6.17 Å². The lowest BCUT2D eigenvalue weighted by Gasteiger charge is -2.07. The van der Waals surface area contributed by atoms with Gasteiger partial charge in [-0.05, 0) is 24.3 Å². The average Bonchev–Trinajstić information content (AvgIpc) is 2.55. The molecule has 2 aromatic carbocycles. The number of alkyl halides is 1. The highest BCUT2D eigenvalue weighted by atomic mass is 19.1. The molecule has 0 bridgehead atoms. The molecule has 0 saturated carbocycles. The van der Waals surface area contributed by atoms with Crippen LogP contribution in [0.25, 0.3) is 0 Å². The van der Waals surface area contributed by atoms with Crippen molar-refractivity contribution in [3.63, 3.8) is 0 Å². The Morgan fingerprint density at radius 1 is 0.773 bits per heavy atom. The summed E-state index contributed by atoms with van der Waals surface area (Å²) in [5.74, 6) is -4.42. The van der Waals surface area contributed by atoms with Gasteiger partial charge in [-0.15, -0.1) is 0 Å². The van der Waals surface area contributed by atoms with Gasteiger partial charge in [0, 0.05) is 0 Å². The summed E-state index contributed by atoms with van der Waals surface area (Å²) < 4.78 is 23.0. The van der Waals surface area contributed by atoms with Crippen molar-refractivity contribution in [1.29, 1.82) is 0 Å². The van der Waals surface area contributed by atoms with E-state index in [1.54, 1.807) is 36.4 Å². The summed E-state index contributed by atoms with van der Waals surface area (Å²) in [5.41, 5.74) is 0. The van der Waals surface area contributed by atoms with Crippen molar-refractivity contribution in [2.24, 2.45) is 0 Å². The van der Waals surface area contributed by atoms with Crippen molar-refractivity contribution in [3.05, 3.63) is 60.7 Å². The van der Waals surface area contributed by atoms with E-state index in [0.717, 1.165) is 0 Å². The maximum Gasteiger partial charge on any atom is 0.383 e. The molecule has 0 aliphatic rings. The van der Waals surface area contributed by atoms with E-state index in [2.05, 4.69) is 9.47 Å². The Morgan fingerprint density at radius 2 is 1.23 bits per heavy atom. The molecular weight excluding hydrogens is 291 g/mol. The van der Waals surface area contributed by atoms with Crippen LogP contribution >= 0.6 is 0 Å². The summed E-state index contributed by atoms with van der Waals surface area (Å²) in [4.78, 5) is 34.5. The van der Waals surface area contributed by atoms with Crippen molar-refractivity contribution in [2.75, 3.05) is 0 Å². The molecule has 1 atom stereocenters. The van der Waals surface area contributed by atoms with Gasteiger partial charge in [-0.2, -0.15) is 0 Å². The molecular formula is C16H11FO5. The van der Waals surface area contributed by atoms with E-state index in [4.69, 9.17) is 0 Å². The Bertz CT molecular complexity index is 669. The summed E-state index contributed by atoms with van der Waals surface area (Å²) in [5, 5.41) is 0. The summed E-state index contributed by atoms with van der Waals surface area (Å²) in [6.07, 6.45) is -2.74. The minimum atomic E-state index is -2.74. The van der Waals surface area contributed by atoms with E-state index in [-0.39, 0.29) is 11.5 Å².